The summed E-state index contributed by atoms with van der Waals surface area (Å²) in [7, 11) is 0. The highest BCUT2D eigenvalue weighted by Gasteiger charge is 2.35. The summed E-state index contributed by atoms with van der Waals surface area (Å²) in [6.45, 7) is 0.332. The van der Waals surface area contributed by atoms with E-state index in [1.165, 1.54) is 17.7 Å². The second-order valence-corrected chi connectivity index (χ2v) is 6.19. The van der Waals surface area contributed by atoms with Gasteiger partial charge in [0.2, 0.25) is 5.82 Å². The van der Waals surface area contributed by atoms with Gasteiger partial charge < -0.3 is 10.3 Å². The number of aromatic nitrogens is 5. The summed E-state index contributed by atoms with van der Waals surface area (Å²) in [6.07, 6.45) is -2.07. The van der Waals surface area contributed by atoms with Crippen molar-refractivity contribution in [2.75, 3.05) is 5.73 Å². The fourth-order valence-corrected chi connectivity index (χ4v) is 3.19. The molecule has 0 saturated heterocycles. The molecular weight excluding hydrogens is 341 g/mol. The maximum absolute atomic E-state index is 12.8. The van der Waals surface area contributed by atoms with Crippen molar-refractivity contribution < 1.29 is 13.2 Å². The Kier molecular flexibility index (Phi) is 3.17. The molecule has 24 heavy (non-hydrogen) atoms. The van der Waals surface area contributed by atoms with Crippen LogP contribution in [0.25, 0.3) is 21.4 Å². The molecule has 1 aromatic carbocycles. The van der Waals surface area contributed by atoms with Gasteiger partial charge in [0, 0.05) is 0 Å². The quantitative estimate of drug-likeness (QED) is 0.601. The highest BCUT2D eigenvalue weighted by atomic mass is 32.1. The van der Waals surface area contributed by atoms with Crippen molar-refractivity contribution in [3.05, 3.63) is 42.1 Å². The molecule has 4 rings (SSSR count). The minimum absolute atomic E-state index is 0.140. The largest absolute Gasteiger partial charge is 0.451 e. The summed E-state index contributed by atoms with van der Waals surface area (Å²) in [6, 6.07) is 5.58. The standard InChI is InChI=1S/C14H9F3N6S/c15-14(16,17)12-19-4-9-11(22-12)23(6-20-9)5-7-1-2-8-10(3-7)24-13(18)21-8/h1-4,6H,5H2,(H2,18,21). The molecule has 6 nitrogen and oxygen atoms in total. The summed E-state index contributed by atoms with van der Waals surface area (Å²) >= 11 is 1.36. The molecule has 0 atom stereocenters. The van der Waals surface area contributed by atoms with Crippen LogP contribution in [0, 0.1) is 0 Å². The summed E-state index contributed by atoms with van der Waals surface area (Å²) in [5.74, 6) is -1.18. The Labute approximate surface area is 136 Å². The highest BCUT2D eigenvalue weighted by Crippen LogP contribution is 2.28. The lowest BCUT2D eigenvalue weighted by atomic mass is 10.2. The van der Waals surface area contributed by atoms with Gasteiger partial charge in [-0.15, -0.1) is 0 Å². The van der Waals surface area contributed by atoms with Crippen LogP contribution >= 0.6 is 11.3 Å². The fraction of sp³-hybridized carbons (Fsp3) is 0.143. The molecule has 3 heterocycles. The van der Waals surface area contributed by atoms with Gasteiger partial charge in [-0.2, -0.15) is 13.2 Å². The van der Waals surface area contributed by atoms with Crippen LogP contribution in [0.2, 0.25) is 0 Å². The Hall–Kier alpha value is -2.75. The number of nitrogen functional groups attached to an aromatic ring is 1. The zero-order valence-corrected chi connectivity index (χ0v) is 12.8. The Bertz CT molecular complexity index is 1050. The molecule has 4 aromatic rings. The van der Waals surface area contributed by atoms with Crippen molar-refractivity contribution in [2.24, 2.45) is 0 Å². The minimum Gasteiger partial charge on any atom is -0.375 e. The van der Waals surface area contributed by atoms with E-state index < -0.39 is 12.0 Å². The molecule has 0 spiro atoms. The second kappa shape index (κ2) is 5.13. The number of rotatable bonds is 2. The molecular formula is C14H9F3N6S. The Morgan fingerprint density at radius 2 is 1.96 bits per heavy atom. The third-order valence-electron chi connectivity index (χ3n) is 3.43. The lowest BCUT2D eigenvalue weighted by Crippen LogP contribution is -2.11. The molecule has 0 radical (unpaired) electrons. The lowest BCUT2D eigenvalue weighted by Gasteiger charge is -2.06. The van der Waals surface area contributed by atoms with E-state index in [0.29, 0.717) is 17.2 Å². The van der Waals surface area contributed by atoms with Crippen LogP contribution in [0.1, 0.15) is 11.4 Å². The average molecular weight is 350 g/mol. The second-order valence-electron chi connectivity index (χ2n) is 5.13. The van der Waals surface area contributed by atoms with E-state index in [1.807, 2.05) is 18.2 Å². The van der Waals surface area contributed by atoms with Gasteiger partial charge in [-0.3, -0.25) is 0 Å². The Balaban J connectivity index is 1.74. The van der Waals surface area contributed by atoms with Crippen LogP contribution in [0.4, 0.5) is 18.3 Å². The van der Waals surface area contributed by atoms with Crippen molar-refractivity contribution in [1.82, 2.24) is 24.5 Å². The molecule has 2 N–H and O–H groups in total. The predicted molar refractivity (Wildman–Crippen MR) is 83.5 cm³/mol. The van der Waals surface area contributed by atoms with Crippen molar-refractivity contribution in [3.8, 4) is 0 Å². The van der Waals surface area contributed by atoms with Gasteiger partial charge in [-0.05, 0) is 17.7 Å². The van der Waals surface area contributed by atoms with Crippen LogP contribution in [0.15, 0.2) is 30.7 Å². The number of imidazole rings is 1. The number of benzene rings is 1. The van der Waals surface area contributed by atoms with Crippen LogP contribution in [0.5, 0.6) is 0 Å². The summed E-state index contributed by atoms with van der Waals surface area (Å²) in [5, 5.41) is 0.470. The molecule has 3 aromatic heterocycles. The van der Waals surface area contributed by atoms with E-state index in [-0.39, 0.29) is 5.65 Å². The van der Waals surface area contributed by atoms with Gasteiger partial charge in [0.1, 0.15) is 5.52 Å². The normalized spacial score (nSPS) is 12.3. The van der Waals surface area contributed by atoms with Gasteiger partial charge in [-0.1, -0.05) is 17.4 Å². The van der Waals surface area contributed by atoms with Crippen LogP contribution < -0.4 is 5.73 Å². The molecule has 0 unspecified atom stereocenters. The number of alkyl halides is 3. The van der Waals surface area contributed by atoms with E-state index in [0.717, 1.165) is 22.0 Å². The number of hydrogen-bond donors (Lipinski definition) is 1. The van der Waals surface area contributed by atoms with E-state index in [1.54, 1.807) is 4.57 Å². The van der Waals surface area contributed by atoms with Crippen molar-refractivity contribution >= 4 is 37.8 Å². The smallest absolute Gasteiger partial charge is 0.375 e. The third-order valence-corrected chi connectivity index (χ3v) is 4.28. The summed E-state index contributed by atoms with van der Waals surface area (Å²) < 4.78 is 40.8. The average Bonchev–Trinajstić information content (AvgIpc) is 3.08. The predicted octanol–water partition coefficient (Wildman–Crippen LogP) is 3.09. The first-order valence-corrected chi connectivity index (χ1v) is 7.62. The maximum atomic E-state index is 12.8. The van der Waals surface area contributed by atoms with Gasteiger partial charge in [-0.25, -0.2) is 19.9 Å². The number of anilines is 1. The molecule has 10 heteroatoms. The lowest BCUT2D eigenvalue weighted by molar-refractivity contribution is -0.144. The van der Waals surface area contributed by atoms with E-state index in [4.69, 9.17) is 5.73 Å². The van der Waals surface area contributed by atoms with Gasteiger partial charge in [0.05, 0.1) is 29.3 Å². The molecule has 0 aliphatic heterocycles. The first kappa shape index (κ1) is 14.8. The zero-order valence-electron chi connectivity index (χ0n) is 11.9. The number of halogens is 3. The minimum atomic E-state index is -4.59. The van der Waals surface area contributed by atoms with E-state index in [9.17, 15) is 13.2 Å². The fourth-order valence-electron chi connectivity index (χ4n) is 2.39. The number of fused-ring (bicyclic) bond motifs is 2. The van der Waals surface area contributed by atoms with Crippen molar-refractivity contribution in [3.63, 3.8) is 0 Å². The zero-order chi connectivity index (χ0) is 16.9. The van der Waals surface area contributed by atoms with Crippen LogP contribution in [0.3, 0.4) is 0 Å². The van der Waals surface area contributed by atoms with Crippen LogP contribution in [-0.2, 0) is 12.7 Å². The van der Waals surface area contributed by atoms with Crippen LogP contribution in [-0.4, -0.2) is 24.5 Å². The van der Waals surface area contributed by atoms with Gasteiger partial charge >= 0.3 is 6.18 Å². The van der Waals surface area contributed by atoms with E-state index >= 15 is 0 Å². The molecule has 0 bridgehead atoms. The highest BCUT2D eigenvalue weighted by molar-refractivity contribution is 7.22. The third kappa shape index (κ3) is 2.54. The number of thiazole rings is 1. The van der Waals surface area contributed by atoms with Gasteiger partial charge in [0.25, 0.3) is 0 Å². The molecule has 0 amide bonds. The number of nitrogens with two attached hydrogens (primary N) is 1. The number of hydrogen-bond acceptors (Lipinski definition) is 6. The van der Waals surface area contributed by atoms with E-state index in [2.05, 4.69) is 19.9 Å². The molecule has 0 fully saturated rings. The number of nitrogens with zero attached hydrogens (tertiary/aromatic N) is 5. The Morgan fingerprint density at radius 3 is 2.75 bits per heavy atom. The topological polar surface area (TPSA) is 82.5 Å². The molecule has 0 aliphatic carbocycles. The van der Waals surface area contributed by atoms with Crippen molar-refractivity contribution in [1.29, 1.82) is 0 Å². The van der Waals surface area contributed by atoms with Crippen molar-refractivity contribution in [2.45, 2.75) is 12.7 Å². The maximum Gasteiger partial charge on any atom is 0.451 e. The SMILES string of the molecule is Nc1nc2ccc(Cn3cnc4cnc(C(F)(F)F)nc43)cc2s1. The monoisotopic (exact) mass is 350 g/mol. The van der Waals surface area contributed by atoms with Gasteiger partial charge in [0.15, 0.2) is 10.8 Å². The Morgan fingerprint density at radius 1 is 1.12 bits per heavy atom. The summed E-state index contributed by atoms with van der Waals surface area (Å²) in [5.41, 5.74) is 7.81. The first-order chi connectivity index (χ1) is 11.4. The first-order valence-electron chi connectivity index (χ1n) is 6.80. The molecule has 0 saturated carbocycles. The molecule has 122 valence electrons. The summed E-state index contributed by atoms with van der Waals surface area (Å²) in [4.78, 5) is 15.1. The molecule has 0 aliphatic rings.